The third-order valence-electron chi connectivity index (χ3n) is 7.04. The standard InChI is InChI=1S/C29H36N2O5/c1-3-35-26-19-24(11-12-25(26)36-20-27(32)30-15-5-4-6-16-30)29(34)31-17-13-23(14-18-31)28(33)22-9-7-21(2)8-10-22/h7-12,19,23H,3-6,13-18,20H2,1-2H3. The number of benzene rings is 2. The van der Waals surface area contributed by atoms with Crippen LogP contribution in [0.15, 0.2) is 42.5 Å². The molecule has 0 radical (unpaired) electrons. The maximum absolute atomic E-state index is 13.2. The summed E-state index contributed by atoms with van der Waals surface area (Å²) in [6, 6.07) is 12.8. The van der Waals surface area contributed by atoms with E-state index in [1.165, 1.54) is 0 Å². The largest absolute Gasteiger partial charge is 0.490 e. The maximum atomic E-state index is 13.2. The molecule has 4 rings (SSSR count). The van der Waals surface area contributed by atoms with Crippen LogP contribution >= 0.6 is 0 Å². The zero-order valence-electron chi connectivity index (χ0n) is 21.3. The Hall–Kier alpha value is -3.35. The molecule has 2 amide bonds. The average molecular weight is 493 g/mol. The third-order valence-corrected chi connectivity index (χ3v) is 7.04. The maximum Gasteiger partial charge on any atom is 0.260 e. The minimum Gasteiger partial charge on any atom is -0.490 e. The number of Topliss-reactive ketones (excluding diaryl/α,β-unsaturated/α-hetero) is 1. The first kappa shape index (κ1) is 25.7. The Kier molecular flexibility index (Phi) is 8.62. The highest BCUT2D eigenvalue weighted by Crippen LogP contribution is 2.30. The van der Waals surface area contributed by atoms with Crippen LogP contribution in [0.25, 0.3) is 0 Å². The number of ether oxygens (including phenoxy) is 2. The smallest absolute Gasteiger partial charge is 0.260 e. The number of nitrogens with zero attached hydrogens (tertiary/aromatic N) is 2. The quantitative estimate of drug-likeness (QED) is 0.507. The number of likely N-dealkylation sites (tertiary alicyclic amines) is 2. The second-order valence-corrected chi connectivity index (χ2v) is 9.62. The van der Waals surface area contributed by atoms with Gasteiger partial charge in [-0.1, -0.05) is 29.8 Å². The molecule has 0 saturated carbocycles. The van der Waals surface area contributed by atoms with E-state index in [1.807, 2.05) is 43.0 Å². The lowest BCUT2D eigenvalue weighted by molar-refractivity contribution is -0.134. The van der Waals surface area contributed by atoms with Crippen LogP contribution in [0.2, 0.25) is 0 Å². The number of aryl methyl sites for hydroxylation is 1. The van der Waals surface area contributed by atoms with Crippen molar-refractivity contribution >= 4 is 17.6 Å². The Balaban J connectivity index is 1.35. The van der Waals surface area contributed by atoms with Crippen molar-refractivity contribution in [3.8, 4) is 11.5 Å². The van der Waals surface area contributed by atoms with Gasteiger partial charge in [-0.15, -0.1) is 0 Å². The van der Waals surface area contributed by atoms with Crippen LogP contribution in [-0.4, -0.2) is 66.8 Å². The summed E-state index contributed by atoms with van der Waals surface area (Å²) in [6.07, 6.45) is 4.52. The number of piperidine rings is 2. The predicted molar refractivity (Wildman–Crippen MR) is 138 cm³/mol. The van der Waals surface area contributed by atoms with Gasteiger partial charge in [0.05, 0.1) is 6.61 Å². The Morgan fingerprint density at radius 2 is 1.47 bits per heavy atom. The Bertz CT molecular complexity index is 1070. The van der Waals surface area contributed by atoms with E-state index in [1.54, 1.807) is 23.1 Å². The Labute approximate surface area is 213 Å². The topological polar surface area (TPSA) is 76.1 Å². The molecule has 0 aliphatic carbocycles. The minimum atomic E-state index is -0.0897. The second kappa shape index (κ2) is 12.1. The molecule has 2 aromatic rings. The molecular formula is C29H36N2O5. The average Bonchev–Trinajstić information content (AvgIpc) is 2.92. The molecule has 0 atom stereocenters. The summed E-state index contributed by atoms with van der Waals surface area (Å²) in [5.41, 5.74) is 2.38. The molecule has 192 valence electrons. The van der Waals surface area contributed by atoms with Gasteiger partial charge in [-0.2, -0.15) is 0 Å². The monoisotopic (exact) mass is 492 g/mol. The molecule has 2 saturated heterocycles. The zero-order chi connectivity index (χ0) is 25.5. The fraction of sp³-hybridized carbons (Fsp3) is 0.483. The first-order valence-electron chi connectivity index (χ1n) is 13.0. The highest BCUT2D eigenvalue weighted by molar-refractivity contribution is 5.98. The van der Waals surface area contributed by atoms with Crippen LogP contribution in [0.5, 0.6) is 11.5 Å². The summed E-state index contributed by atoms with van der Waals surface area (Å²) in [5.74, 6) is 0.888. The fourth-order valence-corrected chi connectivity index (χ4v) is 4.88. The van der Waals surface area contributed by atoms with Crippen molar-refractivity contribution in [3.05, 3.63) is 59.2 Å². The van der Waals surface area contributed by atoms with Gasteiger partial charge in [-0.3, -0.25) is 14.4 Å². The van der Waals surface area contributed by atoms with Crippen LogP contribution < -0.4 is 9.47 Å². The molecule has 0 aromatic heterocycles. The van der Waals surface area contributed by atoms with Crippen molar-refractivity contribution in [2.24, 2.45) is 5.92 Å². The third kappa shape index (κ3) is 6.25. The Morgan fingerprint density at radius 1 is 0.806 bits per heavy atom. The molecule has 2 heterocycles. The predicted octanol–water partition coefficient (Wildman–Crippen LogP) is 4.52. The van der Waals surface area contributed by atoms with E-state index in [0.29, 0.717) is 49.6 Å². The van der Waals surface area contributed by atoms with E-state index >= 15 is 0 Å². The van der Waals surface area contributed by atoms with Crippen molar-refractivity contribution in [1.29, 1.82) is 0 Å². The first-order chi connectivity index (χ1) is 17.5. The number of hydrogen-bond donors (Lipinski definition) is 0. The summed E-state index contributed by atoms with van der Waals surface area (Å²) < 4.78 is 11.5. The Morgan fingerprint density at radius 3 is 2.14 bits per heavy atom. The van der Waals surface area contributed by atoms with E-state index in [9.17, 15) is 14.4 Å². The molecule has 2 fully saturated rings. The van der Waals surface area contributed by atoms with Crippen LogP contribution in [-0.2, 0) is 4.79 Å². The van der Waals surface area contributed by atoms with Crippen LogP contribution in [0.4, 0.5) is 0 Å². The van der Waals surface area contributed by atoms with Gasteiger partial charge in [-0.05, 0) is 64.2 Å². The van der Waals surface area contributed by atoms with Gasteiger partial charge in [-0.25, -0.2) is 0 Å². The van der Waals surface area contributed by atoms with E-state index < -0.39 is 0 Å². The van der Waals surface area contributed by atoms with Gasteiger partial charge < -0.3 is 19.3 Å². The molecule has 0 bridgehead atoms. The summed E-state index contributed by atoms with van der Waals surface area (Å²) in [4.78, 5) is 42.2. The summed E-state index contributed by atoms with van der Waals surface area (Å²) in [5, 5.41) is 0. The van der Waals surface area contributed by atoms with Crippen LogP contribution in [0.3, 0.4) is 0 Å². The molecule has 0 spiro atoms. The van der Waals surface area contributed by atoms with Crippen molar-refractivity contribution in [3.63, 3.8) is 0 Å². The van der Waals surface area contributed by atoms with Crippen molar-refractivity contribution < 1.29 is 23.9 Å². The number of ketones is 1. The van der Waals surface area contributed by atoms with Crippen LogP contribution in [0, 0.1) is 12.8 Å². The van der Waals surface area contributed by atoms with Gasteiger partial charge in [0.25, 0.3) is 11.8 Å². The number of amides is 2. The highest BCUT2D eigenvalue weighted by Gasteiger charge is 2.29. The molecule has 2 aliphatic heterocycles. The number of carbonyl (C=O) groups excluding carboxylic acids is 3. The lowest BCUT2D eigenvalue weighted by atomic mass is 9.88. The molecular weight excluding hydrogens is 456 g/mol. The van der Waals surface area contributed by atoms with Crippen molar-refractivity contribution in [1.82, 2.24) is 9.80 Å². The van der Waals surface area contributed by atoms with E-state index in [-0.39, 0.29) is 30.1 Å². The SMILES string of the molecule is CCOc1cc(C(=O)N2CCC(C(=O)c3ccc(C)cc3)CC2)ccc1OCC(=O)N1CCCCC1. The van der Waals surface area contributed by atoms with E-state index in [4.69, 9.17) is 9.47 Å². The first-order valence-corrected chi connectivity index (χ1v) is 13.0. The minimum absolute atomic E-state index is 0.0274. The highest BCUT2D eigenvalue weighted by atomic mass is 16.5. The lowest BCUT2D eigenvalue weighted by Crippen LogP contribution is -2.40. The van der Waals surface area contributed by atoms with Gasteiger partial charge in [0.2, 0.25) is 0 Å². The molecule has 0 N–H and O–H groups in total. The van der Waals surface area contributed by atoms with Gasteiger partial charge in [0.15, 0.2) is 23.9 Å². The van der Waals surface area contributed by atoms with Crippen molar-refractivity contribution in [2.75, 3.05) is 39.4 Å². The van der Waals surface area contributed by atoms with E-state index in [2.05, 4.69) is 0 Å². The molecule has 0 unspecified atom stereocenters. The van der Waals surface area contributed by atoms with E-state index in [0.717, 1.165) is 43.5 Å². The molecule has 2 aromatic carbocycles. The molecule has 36 heavy (non-hydrogen) atoms. The summed E-state index contributed by atoms with van der Waals surface area (Å²) >= 11 is 0. The zero-order valence-corrected chi connectivity index (χ0v) is 21.3. The fourth-order valence-electron chi connectivity index (χ4n) is 4.88. The summed E-state index contributed by atoms with van der Waals surface area (Å²) in [6.45, 7) is 6.87. The number of carbonyl (C=O) groups is 3. The van der Waals surface area contributed by atoms with Gasteiger partial charge >= 0.3 is 0 Å². The lowest BCUT2D eigenvalue weighted by Gasteiger charge is -2.31. The molecule has 7 nitrogen and oxygen atoms in total. The normalized spacial score (nSPS) is 16.5. The summed E-state index contributed by atoms with van der Waals surface area (Å²) in [7, 11) is 0. The van der Waals surface area contributed by atoms with Crippen molar-refractivity contribution in [2.45, 2.75) is 46.0 Å². The van der Waals surface area contributed by atoms with Crippen LogP contribution in [0.1, 0.15) is 65.3 Å². The second-order valence-electron chi connectivity index (χ2n) is 9.62. The number of hydrogen-bond acceptors (Lipinski definition) is 5. The molecule has 7 heteroatoms. The van der Waals surface area contributed by atoms with Gasteiger partial charge in [0, 0.05) is 43.2 Å². The number of rotatable bonds is 8. The molecule has 2 aliphatic rings. The van der Waals surface area contributed by atoms with Gasteiger partial charge in [0.1, 0.15) is 0 Å².